The van der Waals surface area contributed by atoms with Gasteiger partial charge in [-0.15, -0.1) is 0 Å². The molecule has 1 saturated heterocycles. The van der Waals surface area contributed by atoms with Gasteiger partial charge in [0.25, 0.3) is 5.91 Å². The first kappa shape index (κ1) is 24.9. The molecule has 0 saturated carbocycles. The molecule has 2 aliphatic heterocycles. The van der Waals surface area contributed by atoms with Crippen LogP contribution in [0.15, 0.2) is 60.8 Å². The molecule has 9 heteroatoms. The molecule has 1 aromatic carbocycles. The minimum atomic E-state index is -0.360. The van der Waals surface area contributed by atoms with Crippen LogP contribution in [0.2, 0.25) is 0 Å². The van der Waals surface area contributed by atoms with Crippen LogP contribution in [0.25, 0.3) is 22.3 Å². The molecule has 2 aliphatic rings. The van der Waals surface area contributed by atoms with E-state index in [4.69, 9.17) is 14.7 Å². The fourth-order valence-corrected chi connectivity index (χ4v) is 5.02. The van der Waals surface area contributed by atoms with Crippen LogP contribution in [0.4, 0.5) is 5.82 Å². The number of fused-ring (bicyclic) bond motifs is 2. The minimum absolute atomic E-state index is 0.213. The lowest BCUT2D eigenvalue weighted by Gasteiger charge is -2.33. The number of carbonyl (C=O) groups is 1. The Labute approximate surface area is 227 Å². The smallest absolute Gasteiger partial charge is 0.251 e. The van der Waals surface area contributed by atoms with E-state index in [1.165, 1.54) is 0 Å². The summed E-state index contributed by atoms with van der Waals surface area (Å²) in [7, 11) is 2.14. The van der Waals surface area contributed by atoms with Gasteiger partial charge in [0.1, 0.15) is 5.82 Å². The van der Waals surface area contributed by atoms with E-state index in [0.717, 1.165) is 65.4 Å². The predicted octanol–water partition coefficient (Wildman–Crippen LogP) is 3.51. The lowest BCUT2D eigenvalue weighted by atomic mass is 9.92. The van der Waals surface area contributed by atoms with Gasteiger partial charge in [-0.3, -0.25) is 9.78 Å². The summed E-state index contributed by atoms with van der Waals surface area (Å²) in [6, 6.07) is 19.6. The van der Waals surface area contributed by atoms with E-state index in [2.05, 4.69) is 39.3 Å². The molecule has 0 radical (unpaired) electrons. The van der Waals surface area contributed by atoms with Crippen LogP contribution < -0.4 is 10.2 Å². The fraction of sp³-hybridized carbons (Fsp3) is 0.300. The molecule has 1 N–H and O–H groups in total. The molecule has 6 rings (SSSR count). The average molecular weight is 520 g/mol. The van der Waals surface area contributed by atoms with Crippen molar-refractivity contribution in [1.29, 1.82) is 5.26 Å². The maximum Gasteiger partial charge on any atom is 0.251 e. The second-order valence-corrected chi connectivity index (χ2v) is 10.0. The third kappa shape index (κ3) is 5.30. The Kier molecular flexibility index (Phi) is 6.88. The molecule has 5 heterocycles. The summed E-state index contributed by atoms with van der Waals surface area (Å²) in [6.45, 7) is 5.03. The molecule has 0 aliphatic carbocycles. The number of hydrogen-bond donors (Lipinski definition) is 1. The van der Waals surface area contributed by atoms with Crippen molar-refractivity contribution in [3.05, 3.63) is 83.2 Å². The normalized spacial score (nSPS) is 17.4. The molecule has 0 unspecified atom stereocenters. The molecular weight excluding hydrogens is 490 g/mol. The number of carbonyl (C=O) groups excluding carboxylic acids is 1. The van der Waals surface area contributed by atoms with Crippen molar-refractivity contribution >= 4 is 22.6 Å². The predicted molar refractivity (Wildman–Crippen MR) is 148 cm³/mol. The van der Waals surface area contributed by atoms with Crippen molar-refractivity contribution < 1.29 is 9.53 Å². The van der Waals surface area contributed by atoms with E-state index < -0.39 is 0 Å². The maximum absolute atomic E-state index is 12.9. The lowest BCUT2D eigenvalue weighted by Crippen LogP contribution is -2.44. The van der Waals surface area contributed by atoms with Crippen LogP contribution in [0, 0.1) is 11.3 Å². The van der Waals surface area contributed by atoms with E-state index in [0.29, 0.717) is 24.5 Å². The Morgan fingerprint density at radius 2 is 1.92 bits per heavy atom. The number of nitrogens with one attached hydrogen (secondary N) is 1. The number of anilines is 1. The summed E-state index contributed by atoms with van der Waals surface area (Å²) in [6.07, 6.45) is 1.78. The first-order valence-corrected chi connectivity index (χ1v) is 13.1. The number of rotatable bonds is 5. The largest absolute Gasteiger partial charge is 0.375 e. The Morgan fingerprint density at radius 1 is 1.08 bits per heavy atom. The van der Waals surface area contributed by atoms with E-state index in [1.807, 2.05) is 36.4 Å². The molecule has 196 valence electrons. The number of nitriles is 1. The van der Waals surface area contributed by atoms with E-state index in [-0.39, 0.29) is 18.4 Å². The Morgan fingerprint density at radius 3 is 2.77 bits per heavy atom. The van der Waals surface area contributed by atoms with Gasteiger partial charge in [0.2, 0.25) is 0 Å². The van der Waals surface area contributed by atoms with Crippen molar-refractivity contribution in [2.75, 3.05) is 44.7 Å². The number of ether oxygens (including phenoxy) is 1. The Balaban J connectivity index is 1.18. The molecule has 0 spiro atoms. The average Bonchev–Trinajstić information content (AvgIpc) is 2.99. The van der Waals surface area contributed by atoms with Crippen LogP contribution in [-0.2, 0) is 17.9 Å². The van der Waals surface area contributed by atoms with Gasteiger partial charge in [0.15, 0.2) is 0 Å². The van der Waals surface area contributed by atoms with E-state index in [9.17, 15) is 10.1 Å². The molecule has 4 aromatic rings. The second kappa shape index (κ2) is 10.8. The summed E-state index contributed by atoms with van der Waals surface area (Å²) in [5.74, 6) is 0.395. The van der Waals surface area contributed by atoms with Gasteiger partial charge in [-0.25, -0.2) is 9.97 Å². The van der Waals surface area contributed by atoms with E-state index >= 15 is 0 Å². The molecular formula is C30H29N7O2. The van der Waals surface area contributed by atoms with Gasteiger partial charge < -0.3 is 19.9 Å². The first-order valence-electron chi connectivity index (χ1n) is 13.1. The molecule has 3 aromatic heterocycles. The van der Waals surface area contributed by atoms with E-state index in [1.54, 1.807) is 18.3 Å². The first-order chi connectivity index (χ1) is 19.1. The van der Waals surface area contributed by atoms with Gasteiger partial charge in [-0.05, 0) is 60.6 Å². The number of aromatic nitrogens is 3. The molecule has 0 bridgehead atoms. The Hall–Kier alpha value is -4.39. The summed E-state index contributed by atoms with van der Waals surface area (Å²) >= 11 is 0. The zero-order chi connectivity index (χ0) is 26.8. The number of benzene rings is 1. The standard InChI is InChI=1S/C30H29N7O2/c1-36-9-11-37(12-10-36)29-4-2-3-26(35-29)27-8-7-21-16-32-24(14-28(21)34-27)17-33-30(38)20-5-6-22-18-39-19-23(15-31)25(22)13-20/h2-8,13-14,16,23H,9-12,17-19H2,1H3,(H,33,38)/t23-/m1/s1. The van der Waals surface area contributed by atoms with Crippen molar-refractivity contribution in [2.24, 2.45) is 0 Å². The van der Waals surface area contributed by atoms with Gasteiger partial charge in [-0.2, -0.15) is 5.26 Å². The van der Waals surface area contributed by atoms with Gasteiger partial charge in [-0.1, -0.05) is 12.1 Å². The summed E-state index contributed by atoms with van der Waals surface area (Å²) in [4.78, 5) is 31.8. The summed E-state index contributed by atoms with van der Waals surface area (Å²) in [5.41, 5.74) is 5.46. The summed E-state index contributed by atoms with van der Waals surface area (Å²) in [5, 5.41) is 13.3. The zero-order valence-corrected chi connectivity index (χ0v) is 21.8. The zero-order valence-electron chi connectivity index (χ0n) is 21.8. The quantitative estimate of drug-likeness (QED) is 0.427. The van der Waals surface area contributed by atoms with Crippen molar-refractivity contribution in [1.82, 2.24) is 25.2 Å². The van der Waals surface area contributed by atoms with Crippen LogP contribution >= 0.6 is 0 Å². The number of likely N-dealkylation sites (N-methyl/N-ethyl adjacent to an activating group) is 1. The van der Waals surface area contributed by atoms with Crippen LogP contribution in [0.5, 0.6) is 0 Å². The maximum atomic E-state index is 12.9. The molecule has 9 nitrogen and oxygen atoms in total. The second-order valence-electron chi connectivity index (χ2n) is 10.0. The number of hydrogen-bond acceptors (Lipinski definition) is 8. The van der Waals surface area contributed by atoms with Crippen LogP contribution in [0.1, 0.15) is 33.1 Å². The molecule has 1 fully saturated rings. The summed E-state index contributed by atoms with van der Waals surface area (Å²) < 4.78 is 5.47. The number of nitrogens with zero attached hydrogens (tertiary/aromatic N) is 6. The van der Waals surface area contributed by atoms with Gasteiger partial charge in [0, 0.05) is 43.3 Å². The fourth-order valence-electron chi connectivity index (χ4n) is 5.02. The SMILES string of the molecule is CN1CCN(c2cccc(-c3ccc4cnc(CNC(=O)c5ccc6c(c5)[C@H](C#N)COC6)cc4n3)n2)CC1. The van der Waals surface area contributed by atoms with Crippen molar-refractivity contribution in [2.45, 2.75) is 19.1 Å². The highest BCUT2D eigenvalue weighted by Crippen LogP contribution is 2.27. The highest BCUT2D eigenvalue weighted by atomic mass is 16.5. The highest BCUT2D eigenvalue weighted by Gasteiger charge is 2.22. The minimum Gasteiger partial charge on any atom is -0.375 e. The topological polar surface area (TPSA) is 107 Å². The third-order valence-electron chi connectivity index (χ3n) is 7.37. The molecule has 1 amide bonds. The monoisotopic (exact) mass is 519 g/mol. The van der Waals surface area contributed by atoms with Gasteiger partial charge >= 0.3 is 0 Å². The molecule has 39 heavy (non-hydrogen) atoms. The number of pyridine rings is 3. The Bertz CT molecular complexity index is 1570. The van der Waals surface area contributed by atoms with Crippen molar-refractivity contribution in [3.63, 3.8) is 0 Å². The lowest BCUT2D eigenvalue weighted by molar-refractivity contribution is 0.0945. The molecule has 1 atom stereocenters. The number of amides is 1. The highest BCUT2D eigenvalue weighted by molar-refractivity contribution is 5.94. The van der Waals surface area contributed by atoms with Crippen LogP contribution in [0.3, 0.4) is 0 Å². The van der Waals surface area contributed by atoms with Crippen molar-refractivity contribution in [3.8, 4) is 17.5 Å². The number of piperazine rings is 1. The third-order valence-corrected chi connectivity index (χ3v) is 7.37. The van der Waals surface area contributed by atoms with Crippen LogP contribution in [-0.4, -0.2) is 65.6 Å². The van der Waals surface area contributed by atoms with Gasteiger partial charge in [0.05, 0.1) is 54.3 Å².